The fourth-order valence-corrected chi connectivity index (χ4v) is 6.31. The molecule has 2 atom stereocenters. The molecule has 8 nitrogen and oxygen atoms in total. The van der Waals surface area contributed by atoms with Crippen LogP contribution in [-0.2, 0) is 21.4 Å². The van der Waals surface area contributed by atoms with E-state index in [-0.39, 0.29) is 27.4 Å². The molecule has 2 aromatic rings. The number of pyridine rings is 1. The van der Waals surface area contributed by atoms with Crippen LogP contribution in [0, 0.1) is 16.7 Å². The molecule has 2 aliphatic carbocycles. The second-order valence-corrected chi connectivity index (χ2v) is 11.6. The van der Waals surface area contributed by atoms with Gasteiger partial charge in [-0.2, -0.15) is 9.41 Å². The second kappa shape index (κ2) is 8.28. The van der Waals surface area contributed by atoms with Gasteiger partial charge in [0.15, 0.2) is 0 Å². The van der Waals surface area contributed by atoms with Crippen LogP contribution in [0.1, 0.15) is 45.8 Å². The number of hydrazone groups is 1. The van der Waals surface area contributed by atoms with E-state index in [4.69, 9.17) is 16.0 Å². The fraction of sp³-hybridized carbons (Fsp3) is 0.500. The molecule has 0 saturated heterocycles. The third-order valence-electron chi connectivity index (χ3n) is 7.40. The van der Waals surface area contributed by atoms with E-state index in [1.54, 1.807) is 12.1 Å². The summed E-state index contributed by atoms with van der Waals surface area (Å²) in [6.07, 6.45) is 5.69. The Balaban J connectivity index is 1.52. The van der Waals surface area contributed by atoms with Crippen molar-refractivity contribution in [3.8, 4) is 0 Å². The van der Waals surface area contributed by atoms with Gasteiger partial charge in [0.1, 0.15) is 15.8 Å². The lowest BCUT2D eigenvalue weighted by Gasteiger charge is -2.34. The Bertz CT molecular complexity index is 1130. The SMILES string of the molecule is CC12CCC(C/C1=N/NC(=O)CN(Cc1ccco1)S(=O)(=O)c1ccc(Cl)nc1)C2(C)C. The van der Waals surface area contributed by atoms with E-state index in [1.807, 2.05) is 0 Å². The summed E-state index contributed by atoms with van der Waals surface area (Å²) in [5.41, 5.74) is 3.65. The number of hydrogen-bond donors (Lipinski definition) is 1. The molecule has 172 valence electrons. The highest BCUT2D eigenvalue weighted by Gasteiger charge is 2.60. The average molecular weight is 479 g/mol. The molecule has 10 heteroatoms. The molecule has 2 aromatic heterocycles. The van der Waals surface area contributed by atoms with Gasteiger partial charge in [0.05, 0.1) is 19.4 Å². The zero-order valence-corrected chi connectivity index (χ0v) is 19.9. The number of carbonyl (C=O) groups is 1. The van der Waals surface area contributed by atoms with E-state index >= 15 is 0 Å². The average Bonchev–Trinajstić information content (AvgIpc) is 3.38. The predicted octanol–water partition coefficient (Wildman–Crippen LogP) is 3.84. The van der Waals surface area contributed by atoms with E-state index in [1.165, 1.54) is 31.0 Å². The first-order valence-electron chi connectivity index (χ1n) is 10.5. The number of aromatic nitrogens is 1. The van der Waals surface area contributed by atoms with Gasteiger partial charge in [-0.25, -0.2) is 18.8 Å². The smallest absolute Gasteiger partial charge is 0.255 e. The van der Waals surface area contributed by atoms with Crippen LogP contribution in [0.15, 0.2) is 51.1 Å². The zero-order valence-electron chi connectivity index (χ0n) is 18.3. The molecule has 32 heavy (non-hydrogen) atoms. The summed E-state index contributed by atoms with van der Waals surface area (Å²) in [4.78, 5) is 16.5. The molecule has 2 unspecified atom stereocenters. The lowest BCUT2D eigenvalue weighted by atomic mass is 9.70. The normalized spacial score (nSPS) is 25.5. The molecule has 2 saturated carbocycles. The highest BCUT2D eigenvalue weighted by Crippen LogP contribution is 2.63. The molecule has 2 fully saturated rings. The van der Waals surface area contributed by atoms with Gasteiger partial charge in [0, 0.05) is 17.3 Å². The van der Waals surface area contributed by atoms with E-state index < -0.39 is 22.5 Å². The first kappa shape index (κ1) is 22.9. The number of halogens is 1. The quantitative estimate of drug-likeness (QED) is 0.481. The molecule has 0 aromatic carbocycles. The molecular weight excluding hydrogens is 452 g/mol. The molecule has 4 rings (SSSR count). The fourth-order valence-electron chi connectivity index (χ4n) is 4.89. The third kappa shape index (κ3) is 3.97. The number of furan rings is 1. The minimum absolute atomic E-state index is 0.0557. The van der Waals surface area contributed by atoms with Crippen LogP contribution in [0.25, 0.3) is 0 Å². The molecule has 2 aliphatic rings. The monoisotopic (exact) mass is 478 g/mol. The molecule has 1 amide bonds. The predicted molar refractivity (Wildman–Crippen MR) is 120 cm³/mol. The summed E-state index contributed by atoms with van der Waals surface area (Å²) in [7, 11) is -4.02. The summed E-state index contributed by atoms with van der Waals surface area (Å²) in [6.45, 7) is 6.20. The van der Waals surface area contributed by atoms with Crippen LogP contribution in [0.3, 0.4) is 0 Å². The summed E-state index contributed by atoms with van der Waals surface area (Å²) >= 11 is 5.79. The minimum Gasteiger partial charge on any atom is -0.468 e. The number of sulfonamides is 1. The van der Waals surface area contributed by atoms with Crippen LogP contribution in [0.2, 0.25) is 5.15 Å². The highest BCUT2D eigenvalue weighted by atomic mass is 35.5. The van der Waals surface area contributed by atoms with E-state index in [2.05, 4.69) is 36.3 Å². The summed E-state index contributed by atoms with van der Waals surface area (Å²) in [6, 6.07) is 6.06. The maximum Gasteiger partial charge on any atom is 0.255 e. The van der Waals surface area contributed by atoms with Crippen molar-refractivity contribution in [2.45, 2.75) is 51.5 Å². The molecule has 0 aliphatic heterocycles. The lowest BCUT2D eigenvalue weighted by Crippen LogP contribution is -2.40. The largest absolute Gasteiger partial charge is 0.468 e. The van der Waals surface area contributed by atoms with Crippen LogP contribution in [0.5, 0.6) is 0 Å². The standard InChI is InChI=1S/C22H27ClN4O4S/c1-21(2)15-8-9-22(21,3)18(11-15)25-26-20(28)14-27(13-16-5-4-10-31-16)32(29,30)17-6-7-19(23)24-12-17/h4-7,10,12,15H,8-9,11,13-14H2,1-3H3,(H,26,28)/b25-18-. The first-order valence-corrected chi connectivity index (χ1v) is 12.4. The van der Waals surface area contributed by atoms with Gasteiger partial charge >= 0.3 is 0 Å². The van der Waals surface area contributed by atoms with Crippen LogP contribution < -0.4 is 5.43 Å². The van der Waals surface area contributed by atoms with E-state index in [9.17, 15) is 13.2 Å². The Morgan fingerprint density at radius 2 is 2.12 bits per heavy atom. The Morgan fingerprint density at radius 1 is 1.34 bits per heavy atom. The summed E-state index contributed by atoms with van der Waals surface area (Å²) < 4.78 is 32.7. The van der Waals surface area contributed by atoms with Crippen molar-refractivity contribution in [2.75, 3.05) is 6.54 Å². The Labute approximate surface area is 193 Å². The first-order chi connectivity index (χ1) is 15.0. The summed E-state index contributed by atoms with van der Waals surface area (Å²) in [5.74, 6) is 0.451. The van der Waals surface area contributed by atoms with Crippen molar-refractivity contribution in [1.82, 2.24) is 14.7 Å². The van der Waals surface area contributed by atoms with Gasteiger partial charge in [-0.05, 0) is 54.9 Å². The van der Waals surface area contributed by atoms with E-state index in [0.717, 1.165) is 22.9 Å². The molecule has 2 heterocycles. The zero-order chi connectivity index (χ0) is 23.1. The van der Waals surface area contributed by atoms with Gasteiger partial charge in [0.25, 0.3) is 5.91 Å². The van der Waals surface area contributed by atoms with Gasteiger partial charge in [-0.1, -0.05) is 32.4 Å². The van der Waals surface area contributed by atoms with Crippen LogP contribution in [-0.4, -0.2) is 35.9 Å². The number of fused-ring (bicyclic) bond motifs is 2. The number of carbonyl (C=O) groups excluding carboxylic acids is 1. The topological polar surface area (TPSA) is 105 Å². The maximum absolute atomic E-state index is 13.2. The highest BCUT2D eigenvalue weighted by molar-refractivity contribution is 7.89. The molecule has 0 radical (unpaired) electrons. The van der Waals surface area contributed by atoms with Gasteiger partial charge < -0.3 is 4.42 Å². The maximum atomic E-state index is 13.2. The Kier molecular flexibility index (Phi) is 5.94. The van der Waals surface area contributed by atoms with Crippen molar-refractivity contribution in [2.24, 2.45) is 21.8 Å². The number of hydrogen-bond acceptors (Lipinski definition) is 6. The summed E-state index contributed by atoms with van der Waals surface area (Å²) in [5, 5.41) is 4.61. The molecule has 2 bridgehead atoms. The van der Waals surface area contributed by atoms with Crippen LogP contribution >= 0.6 is 11.6 Å². The second-order valence-electron chi connectivity index (χ2n) is 9.26. The van der Waals surface area contributed by atoms with Crippen molar-refractivity contribution < 1.29 is 17.6 Å². The van der Waals surface area contributed by atoms with Gasteiger partial charge in [-0.3, -0.25) is 4.79 Å². The Hall–Kier alpha value is -2.23. The lowest BCUT2D eigenvalue weighted by molar-refractivity contribution is -0.121. The van der Waals surface area contributed by atoms with E-state index in [0.29, 0.717) is 11.7 Å². The number of nitrogens with one attached hydrogen (secondary N) is 1. The van der Waals surface area contributed by atoms with Crippen LogP contribution in [0.4, 0.5) is 0 Å². The van der Waals surface area contributed by atoms with Crippen molar-refractivity contribution in [1.29, 1.82) is 0 Å². The van der Waals surface area contributed by atoms with Crippen molar-refractivity contribution >= 4 is 33.2 Å². The number of nitrogens with zero attached hydrogens (tertiary/aromatic N) is 3. The minimum atomic E-state index is -4.02. The van der Waals surface area contributed by atoms with Crippen molar-refractivity contribution in [3.63, 3.8) is 0 Å². The number of rotatable bonds is 7. The number of amides is 1. The van der Waals surface area contributed by atoms with Crippen molar-refractivity contribution in [3.05, 3.63) is 47.6 Å². The van der Waals surface area contributed by atoms with Gasteiger partial charge in [-0.15, -0.1) is 0 Å². The third-order valence-corrected chi connectivity index (χ3v) is 9.40. The molecule has 0 spiro atoms. The molecular formula is C22H27ClN4O4S. The van der Waals surface area contributed by atoms with Gasteiger partial charge in [0.2, 0.25) is 10.0 Å². The Morgan fingerprint density at radius 3 is 2.69 bits per heavy atom. The molecule has 1 N–H and O–H groups in total.